The molecule has 0 aliphatic carbocycles. The first-order valence-electron chi connectivity index (χ1n) is 9.30. The van der Waals surface area contributed by atoms with Crippen molar-refractivity contribution in [2.24, 2.45) is 0 Å². The first-order chi connectivity index (χ1) is 13.6. The molecule has 0 saturated carbocycles. The summed E-state index contributed by atoms with van der Waals surface area (Å²) in [6, 6.07) is 11.8. The Balaban J connectivity index is 1.93. The van der Waals surface area contributed by atoms with Crippen molar-refractivity contribution in [3.05, 3.63) is 48.0 Å². The van der Waals surface area contributed by atoms with Crippen molar-refractivity contribution in [1.82, 2.24) is 5.32 Å². The van der Waals surface area contributed by atoms with Crippen molar-refractivity contribution < 1.29 is 23.8 Å². The predicted octanol–water partition coefficient (Wildman–Crippen LogP) is 4.65. The molecular formula is C22H28N2O5. The molecule has 29 heavy (non-hydrogen) atoms. The van der Waals surface area contributed by atoms with Gasteiger partial charge in [-0.05, 0) is 70.5 Å². The number of hydrogen-bond acceptors (Lipinski definition) is 5. The summed E-state index contributed by atoms with van der Waals surface area (Å²) in [4.78, 5) is 24.0. The Bertz CT molecular complexity index is 856. The standard InChI is InChI=1S/C22H28N2O5/c1-14-7-10-18(13-19(14)27-6)28-17-11-8-16(9-12-17)24-20(25)15(2)23-21(26)29-22(3,4)5/h7-13,15H,1-6H3,(H,23,26)(H,24,25). The van der Waals surface area contributed by atoms with Gasteiger partial charge in [0.25, 0.3) is 0 Å². The minimum atomic E-state index is -0.749. The molecule has 2 amide bonds. The van der Waals surface area contributed by atoms with Gasteiger partial charge < -0.3 is 24.8 Å². The lowest BCUT2D eigenvalue weighted by Gasteiger charge is -2.21. The maximum absolute atomic E-state index is 12.3. The average molecular weight is 400 g/mol. The molecule has 7 nitrogen and oxygen atoms in total. The molecule has 0 aliphatic heterocycles. The van der Waals surface area contributed by atoms with E-state index in [4.69, 9.17) is 14.2 Å². The zero-order valence-electron chi connectivity index (χ0n) is 17.7. The first kappa shape index (κ1) is 22.1. The number of benzene rings is 2. The molecule has 0 aliphatic rings. The van der Waals surface area contributed by atoms with Crippen LogP contribution in [0.5, 0.6) is 17.2 Å². The minimum Gasteiger partial charge on any atom is -0.496 e. The fourth-order valence-electron chi connectivity index (χ4n) is 2.41. The lowest BCUT2D eigenvalue weighted by Crippen LogP contribution is -2.43. The van der Waals surface area contributed by atoms with E-state index in [1.54, 1.807) is 59.1 Å². The maximum Gasteiger partial charge on any atom is 0.408 e. The molecule has 0 spiro atoms. The van der Waals surface area contributed by atoms with E-state index in [0.717, 1.165) is 11.3 Å². The number of alkyl carbamates (subject to hydrolysis) is 1. The summed E-state index contributed by atoms with van der Waals surface area (Å²) in [5.41, 5.74) is 0.978. The lowest BCUT2D eigenvalue weighted by molar-refractivity contribution is -0.117. The Morgan fingerprint density at radius 3 is 2.21 bits per heavy atom. The van der Waals surface area contributed by atoms with Gasteiger partial charge in [0.05, 0.1) is 7.11 Å². The fraction of sp³-hybridized carbons (Fsp3) is 0.364. The van der Waals surface area contributed by atoms with Crippen LogP contribution in [0.3, 0.4) is 0 Å². The summed E-state index contributed by atoms with van der Waals surface area (Å²) in [5, 5.41) is 5.25. The van der Waals surface area contributed by atoms with Gasteiger partial charge in [-0.25, -0.2) is 4.79 Å². The van der Waals surface area contributed by atoms with Crippen molar-refractivity contribution in [2.75, 3.05) is 12.4 Å². The normalized spacial score (nSPS) is 11.9. The molecule has 2 rings (SSSR count). The van der Waals surface area contributed by atoms with Gasteiger partial charge in [0.2, 0.25) is 5.91 Å². The largest absolute Gasteiger partial charge is 0.496 e. The topological polar surface area (TPSA) is 85.9 Å². The van der Waals surface area contributed by atoms with E-state index < -0.39 is 17.7 Å². The second kappa shape index (κ2) is 9.32. The summed E-state index contributed by atoms with van der Waals surface area (Å²) in [7, 11) is 1.61. The molecule has 7 heteroatoms. The van der Waals surface area contributed by atoms with Crippen LogP contribution in [0.2, 0.25) is 0 Å². The summed E-state index contributed by atoms with van der Waals surface area (Å²) < 4.78 is 16.3. The maximum atomic E-state index is 12.3. The molecule has 2 aromatic rings. The third kappa shape index (κ3) is 7.03. The van der Waals surface area contributed by atoms with Gasteiger partial charge in [0.1, 0.15) is 28.9 Å². The second-order valence-electron chi connectivity index (χ2n) is 7.62. The summed E-state index contributed by atoms with van der Waals surface area (Å²) in [6.45, 7) is 8.81. The molecule has 1 atom stereocenters. The molecule has 0 bridgehead atoms. The molecule has 0 radical (unpaired) electrons. The number of methoxy groups -OCH3 is 1. The number of carbonyl (C=O) groups is 2. The first-order valence-corrected chi connectivity index (χ1v) is 9.30. The Hall–Kier alpha value is -3.22. The van der Waals surface area contributed by atoms with Gasteiger partial charge in [-0.15, -0.1) is 0 Å². The molecule has 2 N–H and O–H groups in total. The van der Waals surface area contributed by atoms with Crippen LogP contribution in [0.1, 0.15) is 33.3 Å². The van der Waals surface area contributed by atoms with Crippen LogP contribution >= 0.6 is 0 Å². The van der Waals surface area contributed by atoms with Crippen molar-refractivity contribution in [3.63, 3.8) is 0 Å². The van der Waals surface area contributed by atoms with Gasteiger partial charge >= 0.3 is 6.09 Å². The predicted molar refractivity (Wildman–Crippen MR) is 112 cm³/mol. The number of ether oxygens (including phenoxy) is 3. The minimum absolute atomic E-state index is 0.354. The Morgan fingerprint density at radius 2 is 1.62 bits per heavy atom. The van der Waals surface area contributed by atoms with E-state index in [2.05, 4.69) is 10.6 Å². The number of hydrogen-bond donors (Lipinski definition) is 2. The van der Waals surface area contributed by atoms with Crippen LogP contribution in [-0.4, -0.2) is 30.8 Å². The molecule has 0 saturated heterocycles. The van der Waals surface area contributed by atoms with Crippen molar-refractivity contribution in [1.29, 1.82) is 0 Å². The van der Waals surface area contributed by atoms with Crippen molar-refractivity contribution in [2.45, 2.75) is 46.3 Å². The number of rotatable bonds is 6. The number of carbonyl (C=O) groups excluding carboxylic acids is 2. The number of amides is 2. The molecular weight excluding hydrogens is 372 g/mol. The van der Waals surface area contributed by atoms with E-state index in [1.165, 1.54) is 0 Å². The van der Waals surface area contributed by atoms with Gasteiger partial charge in [0, 0.05) is 11.8 Å². The molecule has 2 aromatic carbocycles. The van der Waals surface area contributed by atoms with Gasteiger partial charge in [-0.2, -0.15) is 0 Å². The fourth-order valence-corrected chi connectivity index (χ4v) is 2.41. The summed E-state index contributed by atoms with van der Waals surface area (Å²) in [5.74, 6) is 1.67. The summed E-state index contributed by atoms with van der Waals surface area (Å²) >= 11 is 0. The van der Waals surface area contributed by atoms with Crippen LogP contribution < -0.4 is 20.1 Å². The van der Waals surface area contributed by atoms with E-state index >= 15 is 0 Å². The van der Waals surface area contributed by atoms with Gasteiger partial charge in [-0.3, -0.25) is 4.79 Å². The van der Waals surface area contributed by atoms with Crippen LogP contribution in [-0.2, 0) is 9.53 Å². The van der Waals surface area contributed by atoms with Crippen LogP contribution in [0, 0.1) is 6.92 Å². The third-order valence-corrected chi connectivity index (χ3v) is 3.86. The highest BCUT2D eigenvalue weighted by Crippen LogP contribution is 2.28. The highest BCUT2D eigenvalue weighted by molar-refractivity contribution is 5.96. The highest BCUT2D eigenvalue weighted by Gasteiger charge is 2.21. The third-order valence-electron chi connectivity index (χ3n) is 3.86. The molecule has 0 fully saturated rings. The lowest BCUT2D eigenvalue weighted by atomic mass is 10.2. The Kier molecular flexibility index (Phi) is 7.09. The smallest absolute Gasteiger partial charge is 0.408 e. The second-order valence-corrected chi connectivity index (χ2v) is 7.62. The molecule has 1 unspecified atom stereocenters. The van der Waals surface area contributed by atoms with Crippen LogP contribution in [0.4, 0.5) is 10.5 Å². The SMILES string of the molecule is COc1cc(Oc2ccc(NC(=O)C(C)NC(=O)OC(C)(C)C)cc2)ccc1C. The zero-order chi connectivity index (χ0) is 21.6. The van der Waals surface area contributed by atoms with Crippen molar-refractivity contribution >= 4 is 17.7 Å². The molecule has 0 aromatic heterocycles. The number of aryl methyl sites for hydroxylation is 1. The highest BCUT2D eigenvalue weighted by atomic mass is 16.6. The Morgan fingerprint density at radius 1 is 1.00 bits per heavy atom. The molecule has 0 heterocycles. The van der Waals surface area contributed by atoms with Crippen LogP contribution in [0.15, 0.2) is 42.5 Å². The summed E-state index contributed by atoms with van der Waals surface area (Å²) in [6.07, 6.45) is -0.641. The van der Waals surface area contributed by atoms with Crippen LogP contribution in [0.25, 0.3) is 0 Å². The monoisotopic (exact) mass is 400 g/mol. The van der Waals surface area contributed by atoms with E-state index in [9.17, 15) is 9.59 Å². The zero-order valence-corrected chi connectivity index (χ0v) is 17.7. The average Bonchev–Trinajstić information content (AvgIpc) is 2.63. The molecule has 156 valence electrons. The van der Waals surface area contributed by atoms with Crippen molar-refractivity contribution in [3.8, 4) is 17.2 Å². The van der Waals surface area contributed by atoms with E-state index in [-0.39, 0.29) is 5.91 Å². The van der Waals surface area contributed by atoms with Gasteiger partial charge in [-0.1, -0.05) is 6.07 Å². The van der Waals surface area contributed by atoms with Gasteiger partial charge in [0.15, 0.2) is 0 Å². The Labute approximate surface area is 171 Å². The number of nitrogens with one attached hydrogen (secondary N) is 2. The number of anilines is 1. The van der Waals surface area contributed by atoms with E-state index in [0.29, 0.717) is 17.2 Å². The van der Waals surface area contributed by atoms with E-state index in [1.807, 2.05) is 25.1 Å². The quantitative estimate of drug-likeness (QED) is 0.737.